The lowest BCUT2D eigenvalue weighted by atomic mass is 10.1. The standard InChI is InChI=1S/C14H18O2/c1-4-5-6-12(3)16-14(15)13-9-7-11(2)8-10-13/h7-10H,3-6H2,1-2H3. The second-order valence-electron chi connectivity index (χ2n) is 3.90. The molecule has 2 nitrogen and oxygen atoms in total. The van der Waals surface area contributed by atoms with Crippen molar-refractivity contribution in [2.75, 3.05) is 0 Å². The van der Waals surface area contributed by atoms with Crippen LogP contribution < -0.4 is 0 Å². The third-order valence-corrected chi connectivity index (χ3v) is 2.33. The lowest BCUT2D eigenvalue weighted by Gasteiger charge is -2.06. The summed E-state index contributed by atoms with van der Waals surface area (Å²) in [6.45, 7) is 7.81. The van der Waals surface area contributed by atoms with Crippen molar-refractivity contribution >= 4 is 5.97 Å². The molecule has 0 fully saturated rings. The fourth-order valence-corrected chi connectivity index (χ4v) is 1.30. The fourth-order valence-electron chi connectivity index (χ4n) is 1.30. The van der Waals surface area contributed by atoms with Gasteiger partial charge in [-0.1, -0.05) is 37.6 Å². The van der Waals surface area contributed by atoms with Crippen LogP contribution >= 0.6 is 0 Å². The van der Waals surface area contributed by atoms with Crippen LogP contribution in [0.3, 0.4) is 0 Å². The number of esters is 1. The van der Waals surface area contributed by atoms with Crippen molar-refractivity contribution < 1.29 is 9.53 Å². The van der Waals surface area contributed by atoms with Crippen molar-refractivity contribution in [1.29, 1.82) is 0 Å². The SMILES string of the molecule is C=C(CCCC)OC(=O)c1ccc(C)cc1. The summed E-state index contributed by atoms with van der Waals surface area (Å²) in [6, 6.07) is 7.33. The van der Waals surface area contributed by atoms with Gasteiger partial charge in [-0.25, -0.2) is 4.79 Å². The van der Waals surface area contributed by atoms with E-state index in [1.807, 2.05) is 19.1 Å². The number of ether oxygens (including phenoxy) is 1. The van der Waals surface area contributed by atoms with Crippen molar-refractivity contribution in [3.05, 3.63) is 47.7 Å². The Labute approximate surface area is 96.9 Å². The summed E-state index contributed by atoms with van der Waals surface area (Å²) in [5, 5.41) is 0. The van der Waals surface area contributed by atoms with E-state index in [-0.39, 0.29) is 5.97 Å². The van der Waals surface area contributed by atoms with Crippen LogP contribution in [0.1, 0.15) is 42.1 Å². The highest BCUT2D eigenvalue weighted by Gasteiger charge is 2.08. The molecule has 1 rings (SSSR count). The zero-order valence-corrected chi connectivity index (χ0v) is 9.95. The summed E-state index contributed by atoms with van der Waals surface area (Å²) in [5.74, 6) is 0.230. The molecule has 0 bridgehead atoms. The number of aryl methyl sites for hydroxylation is 1. The molecule has 0 aliphatic heterocycles. The Bertz CT molecular complexity index is 363. The molecule has 86 valence electrons. The lowest BCUT2D eigenvalue weighted by Crippen LogP contribution is -2.04. The minimum Gasteiger partial charge on any atom is -0.428 e. The molecule has 1 aromatic carbocycles. The van der Waals surface area contributed by atoms with E-state index in [1.54, 1.807) is 12.1 Å². The molecule has 0 saturated heterocycles. The molecule has 0 N–H and O–H groups in total. The maximum Gasteiger partial charge on any atom is 0.343 e. The summed E-state index contributed by atoms with van der Waals surface area (Å²) < 4.78 is 5.14. The van der Waals surface area contributed by atoms with Crippen LogP contribution in [-0.4, -0.2) is 5.97 Å². The van der Waals surface area contributed by atoms with E-state index in [0.29, 0.717) is 11.3 Å². The fraction of sp³-hybridized carbons (Fsp3) is 0.357. The minimum absolute atomic E-state index is 0.318. The Balaban J connectivity index is 2.52. The predicted octanol–water partition coefficient (Wildman–Crippen LogP) is 3.86. The number of carbonyl (C=O) groups excluding carboxylic acids is 1. The maximum absolute atomic E-state index is 11.6. The van der Waals surface area contributed by atoms with Crippen molar-refractivity contribution in [3.63, 3.8) is 0 Å². The van der Waals surface area contributed by atoms with Crippen LogP contribution in [-0.2, 0) is 4.74 Å². The largest absolute Gasteiger partial charge is 0.428 e. The highest BCUT2D eigenvalue weighted by atomic mass is 16.5. The van der Waals surface area contributed by atoms with Crippen LogP contribution in [0.15, 0.2) is 36.6 Å². The summed E-state index contributed by atoms with van der Waals surface area (Å²) in [5.41, 5.74) is 1.70. The molecule has 1 aromatic rings. The van der Waals surface area contributed by atoms with Crippen molar-refractivity contribution in [2.45, 2.75) is 33.1 Å². The zero-order valence-electron chi connectivity index (χ0n) is 9.95. The zero-order chi connectivity index (χ0) is 12.0. The normalized spacial score (nSPS) is 9.88. The number of hydrogen-bond donors (Lipinski definition) is 0. The molecule has 0 radical (unpaired) electrons. The van der Waals surface area contributed by atoms with Crippen LogP contribution in [0.25, 0.3) is 0 Å². The number of unbranched alkanes of at least 4 members (excludes halogenated alkanes) is 1. The first-order valence-corrected chi connectivity index (χ1v) is 5.60. The third kappa shape index (κ3) is 3.89. The van der Waals surface area contributed by atoms with E-state index < -0.39 is 0 Å². The van der Waals surface area contributed by atoms with Gasteiger partial charge in [-0.3, -0.25) is 0 Å². The Kier molecular flexibility index (Phi) is 4.77. The minimum atomic E-state index is -0.318. The molecule has 16 heavy (non-hydrogen) atoms. The quantitative estimate of drug-likeness (QED) is 0.554. The first-order valence-electron chi connectivity index (χ1n) is 5.60. The monoisotopic (exact) mass is 218 g/mol. The van der Waals surface area contributed by atoms with Gasteiger partial charge in [0.25, 0.3) is 0 Å². The molecule has 0 heterocycles. The molecular formula is C14H18O2. The van der Waals surface area contributed by atoms with Gasteiger partial charge >= 0.3 is 5.97 Å². The smallest absolute Gasteiger partial charge is 0.343 e. The summed E-state index contributed by atoms with van der Waals surface area (Å²) >= 11 is 0. The van der Waals surface area contributed by atoms with E-state index in [2.05, 4.69) is 13.5 Å². The summed E-state index contributed by atoms with van der Waals surface area (Å²) in [4.78, 5) is 11.6. The topological polar surface area (TPSA) is 26.3 Å². The van der Waals surface area contributed by atoms with E-state index >= 15 is 0 Å². The van der Waals surface area contributed by atoms with Gasteiger partial charge < -0.3 is 4.74 Å². The molecule has 0 amide bonds. The number of allylic oxidation sites excluding steroid dienone is 1. The maximum atomic E-state index is 11.6. The van der Waals surface area contributed by atoms with Crippen molar-refractivity contribution in [3.8, 4) is 0 Å². The summed E-state index contributed by atoms with van der Waals surface area (Å²) in [7, 11) is 0. The highest BCUT2D eigenvalue weighted by molar-refractivity contribution is 5.90. The van der Waals surface area contributed by atoms with E-state index in [1.165, 1.54) is 0 Å². The second kappa shape index (κ2) is 6.11. The third-order valence-electron chi connectivity index (χ3n) is 2.33. The predicted molar refractivity (Wildman–Crippen MR) is 65.3 cm³/mol. The average Bonchev–Trinajstić information content (AvgIpc) is 2.27. The van der Waals surface area contributed by atoms with E-state index in [9.17, 15) is 4.79 Å². The Morgan fingerprint density at radius 3 is 2.50 bits per heavy atom. The Morgan fingerprint density at radius 2 is 1.94 bits per heavy atom. The molecule has 0 unspecified atom stereocenters. The molecular weight excluding hydrogens is 200 g/mol. The Morgan fingerprint density at radius 1 is 1.31 bits per heavy atom. The van der Waals surface area contributed by atoms with E-state index in [4.69, 9.17) is 4.74 Å². The van der Waals surface area contributed by atoms with Gasteiger partial charge in [-0.15, -0.1) is 0 Å². The highest BCUT2D eigenvalue weighted by Crippen LogP contribution is 2.11. The van der Waals surface area contributed by atoms with Gasteiger partial charge in [0.05, 0.1) is 5.56 Å². The number of rotatable bonds is 5. The van der Waals surface area contributed by atoms with Crippen LogP contribution in [0.5, 0.6) is 0 Å². The van der Waals surface area contributed by atoms with Gasteiger partial charge in [-0.05, 0) is 25.5 Å². The molecule has 0 aliphatic carbocycles. The average molecular weight is 218 g/mol. The Hall–Kier alpha value is -1.57. The number of carbonyl (C=O) groups is 1. The first kappa shape index (κ1) is 12.5. The molecule has 0 atom stereocenters. The number of benzene rings is 1. The van der Waals surface area contributed by atoms with Gasteiger partial charge in [0, 0.05) is 6.42 Å². The van der Waals surface area contributed by atoms with E-state index in [0.717, 1.165) is 24.8 Å². The molecule has 0 saturated carbocycles. The molecule has 2 heteroatoms. The number of hydrogen-bond acceptors (Lipinski definition) is 2. The molecule has 0 spiro atoms. The van der Waals surface area contributed by atoms with Crippen LogP contribution in [0.2, 0.25) is 0 Å². The van der Waals surface area contributed by atoms with Crippen LogP contribution in [0, 0.1) is 6.92 Å². The van der Waals surface area contributed by atoms with Crippen molar-refractivity contribution in [1.82, 2.24) is 0 Å². The second-order valence-corrected chi connectivity index (χ2v) is 3.90. The van der Waals surface area contributed by atoms with Crippen LogP contribution in [0.4, 0.5) is 0 Å². The lowest BCUT2D eigenvalue weighted by molar-refractivity contribution is 0.0615. The van der Waals surface area contributed by atoms with Gasteiger partial charge in [0.1, 0.15) is 5.76 Å². The van der Waals surface area contributed by atoms with Gasteiger partial charge in [-0.2, -0.15) is 0 Å². The summed E-state index contributed by atoms with van der Waals surface area (Å²) in [6.07, 6.45) is 2.81. The first-order chi connectivity index (χ1) is 7.63. The van der Waals surface area contributed by atoms with Gasteiger partial charge in [0.15, 0.2) is 0 Å². The van der Waals surface area contributed by atoms with Gasteiger partial charge in [0.2, 0.25) is 0 Å². The molecule has 0 aliphatic rings. The molecule has 0 aromatic heterocycles. The van der Waals surface area contributed by atoms with Crippen molar-refractivity contribution in [2.24, 2.45) is 0 Å².